The van der Waals surface area contributed by atoms with E-state index in [1.807, 2.05) is 18.2 Å². The number of carbonyl (C=O) groups excluding carboxylic acids is 1. The van der Waals surface area contributed by atoms with E-state index >= 15 is 0 Å². The lowest BCUT2D eigenvalue weighted by Crippen LogP contribution is -2.32. The van der Waals surface area contributed by atoms with Crippen molar-refractivity contribution in [1.29, 1.82) is 0 Å². The summed E-state index contributed by atoms with van der Waals surface area (Å²) in [7, 11) is 2.11. The number of amides is 1. The lowest BCUT2D eigenvalue weighted by Gasteiger charge is -2.27. The van der Waals surface area contributed by atoms with Crippen molar-refractivity contribution in [2.75, 3.05) is 25.0 Å². The van der Waals surface area contributed by atoms with Gasteiger partial charge >= 0.3 is 0 Å². The van der Waals surface area contributed by atoms with Crippen LogP contribution < -0.4 is 10.8 Å². The van der Waals surface area contributed by atoms with Crippen molar-refractivity contribution in [3.63, 3.8) is 0 Å². The van der Waals surface area contributed by atoms with Crippen LogP contribution in [0.4, 0.5) is 5.69 Å². The third kappa shape index (κ3) is 5.65. The number of benzene rings is 3. The summed E-state index contributed by atoms with van der Waals surface area (Å²) < 4.78 is 1.01. The second kappa shape index (κ2) is 11.8. The molecule has 2 aliphatic heterocycles. The van der Waals surface area contributed by atoms with Crippen LogP contribution in [0, 0.1) is 0 Å². The van der Waals surface area contributed by atoms with Gasteiger partial charge in [0.1, 0.15) is 7.85 Å². The van der Waals surface area contributed by atoms with Gasteiger partial charge in [0.2, 0.25) is 5.91 Å². The van der Waals surface area contributed by atoms with Crippen molar-refractivity contribution in [3.05, 3.63) is 112 Å². The topological polar surface area (TPSA) is 47.9 Å². The predicted octanol–water partition coefficient (Wildman–Crippen LogP) is 5.51. The Kier molecular flexibility index (Phi) is 8.19. The summed E-state index contributed by atoms with van der Waals surface area (Å²) in [4.78, 5) is 15.9. The first-order chi connectivity index (χ1) is 18.9. The molecule has 0 aliphatic carbocycles. The van der Waals surface area contributed by atoms with Crippen LogP contribution in [-0.4, -0.2) is 49.0 Å². The fraction of sp³-hybridized carbons (Fsp3) is 0.250. The molecule has 1 amide bonds. The largest absolute Gasteiger partial charge is 0.355 e. The molecule has 0 spiro atoms. The molecule has 1 atom stereocenters. The maximum absolute atomic E-state index is 13.7. The molecule has 1 N–H and O–H groups in total. The summed E-state index contributed by atoms with van der Waals surface area (Å²) in [6.07, 6.45) is 1.05. The maximum atomic E-state index is 13.7. The average Bonchev–Trinajstić information content (AvgIpc) is 3.39. The molecule has 0 fully saturated rings. The molecular formula is C32H34BBrN4O. The van der Waals surface area contributed by atoms with Crippen LogP contribution in [0.3, 0.4) is 0 Å². The summed E-state index contributed by atoms with van der Waals surface area (Å²) in [6, 6.07) is 24.9. The van der Waals surface area contributed by atoms with Crippen molar-refractivity contribution in [2.45, 2.75) is 32.7 Å². The summed E-state index contributed by atoms with van der Waals surface area (Å²) in [6.45, 7) is 11.3. The van der Waals surface area contributed by atoms with Crippen LogP contribution in [0.1, 0.15) is 49.4 Å². The average molecular weight is 581 g/mol. The smallest absolute Gasteiger partial charge is 0.244 e. The van der Waals surface area contributed by atoms with Gasteiger partial charge in [0.15, 0.2) is 0 Å². The predicted molar refractivity (Wildman–Crippen MR) is 168 cm³/mol. The number of halogens is 1. The van der Waals surface area contributed by atoms with Gasteiger partial charge in [-0.2, -0.15) is 5.10 Å². The Morgan fingerprint density at radius 2 is 1.79 bits per heavy atom. The standard InChI is InChI=1S/C32H34BBrN4O/c1-4-37(5-2)18-17-30(39)38-29(22-11-14-25(34)15-12-22)20-28(36-38)31-21(3)35-27-16-13-24(33)19-26(27)32(31)23-9-7-6-8-10-23/h6-16,19,29,35H,3-5,17-18,20,33H2,1-2H3. The van der Waals surface area contributed by atoms with Crippen LogP contribution in [0.15, 0.2) is 100 Å². The molecule has 5 nitrogen and oxygen atoms in total. The van der Waals surface area contributed by atoms with Crippen molar-refractivity contribution in [2.24, 2.45) is 5.10 Å². The second-order valence-corrected chi connectivity index (χ2v) is 11.0. The molecule has 0 aromatic heterocycles. The molecule has 0 saturated heterocycles. The van der Waals surface area contributed by atoms with Gasteiger partial charge < -0.3 is 10.2 Å². The third-order valence-corrected chi connectivity index (χ3v) is 8.12. The number of rotatable bonds is 8. The zero-order valence-corrected chi connectivity index (χ0v) is 24.5. The fourth-order valence-electron chi connectivity index (χ4n) is 5.45. The van der Waals surface area contributed by atoms with Gasteiger partial charge in [-0.3, -0.25) is 4.79 Å². The molecule has 2 heterocycles. The highest BCUT2D eigenvalue weighted by Gasteiger charge is 2.37. The first-order valence-electron chi connectivity index (χ1n) is 13.6. The SMILES string of the molecule is Bc1ccc2c(c1)C(c1ccccc1)=C(C1=NN(C(=O)CCN(CC)CC)C(c3ccc(Br)cc3)C1)C(=C)N2. The molecule has 3 aromatic carbocycles. The fourth-order valence-corrected chi connectivity index (χ4v) is 5.72. The summed E-state index contributed by atoms with van der Waals surface area (Å²) in [5.41, 5.74) is 9.27. The number of hydrogen-bond acceptors (Lipinski definition) is 4. The minimum absolute atomic E-state index is 0.0392. The van der Waals surface area contributed by atoms with Gasteiger partial charge in [-0.15, -0.1) is 0 Å². The first kappa shape index (κ1) is 27.2. The van der Waals surface area contributed by atoms with E-state index in [9.17, 15) is 4.79 Å². The highest BCUT2D eigenvalue weighted by atomic mass is 79.9. The highest BCUT2D eigenvalue weighted by Crippen LogP contribution is 2.43. The zero-order valence-electron chi connectivity index (χ0n) is 22.9. The number of fused-ring (bicyclic) bond motifs is 1. The Bertz CT molecular complexity index is 1440. The highest BCUT2D eigenvalue weighted by molar-refractivity contribution is 9.10. The number of anilines is 1. The normalized spacial score (nSPS) is 16.8. The van der Waals surface area contributed by atoms with Crippen LogP contribution in [0.2, 0.25) is 0 Å². The Hall–Kier alpha value is -3.42. The molecule has 198 valence electrons. The van der Waals surface area contributed by atoms with E-state index in [0.29, 0.717) is 12.8 Å². The molecule has 7 heteroatoms. The minimum atomic E-state index is -0.173. The van der Waals surface area contributed by atoms with Crippen molar-refractivity contribution >= 4 is 52.1 Å². The first-order valence-corrected chi connectivity index (χ1v) is 14.4. The van der Waals surface area contributed by atoms with Crippen LogP contribution >= 0.6 is 15.9 Å². The molecule has 39 heavy (non-hydrogen) atoms. The zero-order chi connectivity index (χ0) is 27.5. The van der Waals surface area contributed by atoms with Gasteiger partial charge in [0, 0.05) is 52.0 Å². The Morgan fingerprint density at radius 3 is 2.49 bits per heavy atom. The van der Waals surface area contributed by atoms with Crippen molar-refractivity contribution in [1.82, 2.24) is 9.91 Å². The van der Waals surface area contributed by atoms with E-state index in [0.717, 1.165) is 69.0 Å². The molecule has 1 unspecified atom stereocenters. The number of nitrogens with one attached hydrogen (secondary N) is 1. The Morgan fingerprint density at radius 1 is 1.08 bits per heavy atom. The van der Waals surface area contributed by atoms with Gasteiger partial charge in [0.25, 0.3) is 0 Å². The Labute approximate surface area is 240 Å². The van der Waals surface area contributed by atoms with E-state index in [1.165, 1.54) is 5.46 Å². The number of carbonyl (C=O) groups is 1. The monoisotopic (exact) mass is 580 g/mol. The number of nitrogens with zero attached hydrogens (tertiary/aromatic N) is 3. The maximum Gasteiger partial charge on any atom is 0.244 e. The van der Waals surface area contributed by atoms with Gasteiger partial charge in [-0.25, -0.2) is 5.01 Å². The molecule has 0 bridgehead atoms. The lowest BCUT2D eigenvalue weighted by atomic mass is 9.82. The van der Waals surface area contributed by atoms with E-state index in [-0.39, 0.29) is 11.9 Å². The van der Waals surface area contributed by atoms with Crippen LogP contribution in [-0.2, 0) is 4.79 Å². The minimum Gasteiger partial charge on any atom is -0.355 e. The number of hydrazone groups is 1. The summed E-state index contributed by atoms with van der Waals surface area (Å²) in [5, 5.41) is 10.3. The van der Waals surface area contributed by atoms with Crippen LogP contribution in [0.5, 0.6) is 0 Å². The van der Waals surface area contributed by atoms with E-state index in [2.05, 4.69) is 109 Å². The molecule has 2 aliphatic rings. The molecule has 5 rings (SSSR count). The van der Waals surface area contributed by atoms with Gasteiger partial charge in [-0.1, -0.05) is 96.4 Å². The third-order valence-electron chi connectivity index (χ3n) is 7.59. The van der Waals surface area contributed by atoms with E-state index in [4.69, 9.17) is 5.10 Å². The molecule has 3 aromatic rings. The summed E-state index contributed by atoms with van der Waals surface area (Å²) >= 11 is 3.55. The van der Waals surface area contributed by atoms with Gasteiger partial charge in [0.05, 0.1) is 11.8 Å². The van der Waals surface area contributed by atoms with E-state index in [1.54, 1.807) is 5.01 Å². The lowest BCUT2D eigenvalue weighted by molar-refractivity contribution is -0.133. The number of allylic oxidation sites excluding steroid dienone is 1. The molecule has 0 radical (unpaired) electrons. The quantitative estimate of drug-likeness (QED) is 0.357. The van der Waals surface area contributed by atoms with Crippen LogP contribution in [0.25, 0.3) is 5.57 Å². The Balaban J connectivity index is 1.62. The van der Waals surface area contributed by atoms with E-state index < -0.39 is 0 Å². The molecular weight excluding hydrogens is 547 g/mol. The molecule has 0 saturated carbocycles. The van der Waals surface area contributed by atoms with Crippen molar-refractivity contribution < 1.29 is 4.79 Å². The number of hydrogen-bond donors (Lipinski definition) is 1. The second-order valence-electron chi connectivity index (χ2n) is 10.1. The summed E-state index contributed by atoms with van der Waals surface area (Å²) in [5.74, 6) is 0.0392. The van der Waals surface area contributed by atoms with Gasteiger partial charge in [-0.05, 0) is 42.4 Å². The van der Waals surface area contributed by atoms with Crippen molar-refractivity contribution in [3.8, 4) is 0 Å².